The van der Waals surface area contributed by atoms with E-state index in [4.69, 9.17) is 10.5 Å². The quantitative estimate of drug-likeness (QED) is 0.493. The SMILES string of the molecule is NC(=O)c1nc(C#Cc2ccccc2C(F)(F)F)n([C@@H]2O[C@H](CO)[C@@H](O)[C@H]2O)n1. The van der Waals surface area contributed by atoms with Crippen molar-refractivity contribution in [2.75, 3.05) is 6.61 Å². The topological polar surface area (TPSA) is 144 Å². The molecule has 0 radical (unpaired) electrons. The number of alkyl halides is 3. The first-order valence-corrected chi connectivity index (χ1v) is 8.20. The maximum absolute atomic E-state index is 13.1. The Labute approximate surface area is 161 Å². The Bertz CT molecular complexity index is 981. The van der Waals surface area contributed by atoms with Crippen molar-refractivity contribution < 1.29 is 38.0 Å². The molecule has 29 heavy (non-hydrogen) atoms. The lowest BCUT2D eigenvalue weighted by Gasteiger charge is -2.15. The number of carbonyl (C=O) groups excluding carboxylic acids is 1. The number of aliphatic hydroxyl groups excluding tert-OH is 3. The fraction of sp³-hybridized carbons (Fsp3) is 0.353. The average molecular weight is 412 g/mol. The summed E-state index contributed by atoms with van der Waals surface area (Å²) in [6, 6.07) is 4.58. The highest BCUT2D eigenvalue weighted by molar-refractivity contribution is 5.88. The van der Waals surface area contributed by atoms with Crippen LogP contribution in [0.25, 0.3) is 0 Å². The van der Waals surface area contributed by atoms with Gasteiger partial charge in [0.2, 0.25) is 11.6 Å². The second-order valence-electron chi connectivity index (χ2n) is 6.09. The lowest BCUT2D eigenvalue weighted by Crippen LogP contribution is -2.33. The molecule has 2 aromatic rings. The van der Waals surface area contributed by atoms with E-state index >= 15 is 0 Å². The lowest BCUT2D eigenvalue weighted by molar-refractivity contribution is -0.137. The molecule has 1 aromatic heterocycles. The minimum atomic E-state index is -4.64. The monoisotopic (exact) mass is 412 g/mol. The van der Waals surface area contributed by atoms with Crippen LogP contribution in [-0.4, -0.2) is 60.9 Å². The molecule has 0 saturated carbocycles. The van der Waals surface area contributed by atoms with Crippen LogP contribution in [0.15, 0.2) is 24.3 Å². The van der Waals surface area contributed by atoms with Crippen LogP contribution >= 0.6 is 0 Å². The minimum absolute atomic E-state index is 0.328. The predicted molar refractivity (Wildman–Crippen MR) is 89.0 cm³/mol. The Morgan fingerprint density at radius 2 is 1.93 bits per heavy atom. The smallest absolute Gasteiger partial charge is 0.394 e. The first-order chi connectivity index (χ1) is 13.6. The fourth-order valence-electron chi connectivity index (χ4n) is 2.73. The van der Waals surface area contributed by atoms with E-state index in [0.29, 0.717) is 0 Å². The van der Waals surface area contributed by atoms with Gasteiger partial charge < -0.3 is 25.8 Å². The van der Waals surface area contributed by atoms with Crippen LogP contribution < -0.4 is 5.73 Å². The van der Waals surface area contributed by atoms with Gasteiger partial charge in [-0.1, -0.05) is 18.1 Å². The summed E-state index contributed by atoms with van der Waals surface area (Å²) >= 11 is 0. The van der Waals surface area contributed by atoms with Crippen molar-refractivity contribution in [2.45, 2.75) is 30.7 Å². The molecule has 4 atom stereocenters. The van der Waals surface area contributed by atoms with Gasteiger partial charge in [-0.15, -0.1) is 5.10 Å². The van der Waals surface area contributed by atoms with E-state index in [1.165, 1.54) is 12.1 Å². The standard InChI is InChI=1S/C17H15F3N4O5/c18-17(19,20)9-4-2-1-3-8(9)5-6-11-22-15(14(21)28)23-24(11)16-13(27)12(26)10(7-25)29-16/h1-4,10,12-13,16,25-27H,7H2,(H2,21,28)/t10-,12-,13-,16-/m1/s1. The molecule has 154 valence electrons. The molecule has 1 aliphatic heterocycles. The second-order valence-corrected chi connectivity index (χ2v) is 6.09. The molecule has 12 heteroatoms. The predicted octanol–water partition coefficient (Wildman–Crippen LogP) is -0.593. The summed E-state index contributed by atoms with van der Waals surface area (Å²) < 4.78 is 45.5. The number of aromatic nitrogens is 3. The van der Waals surface area contributed by atoms with Gasteiger partial charge in [-0.2, -0.15) is 18.2 Å². The molecule has 0 unspecified atom stereocenters. The van der Waals surface area contributed by atoms with E-state index in [9.17, 15) is 33.3 Å². The number of carbonyl (C=O) groups is 1. The molecule has 5 N–H and O–H groups in total. The summed E-state index contributed by atoms with van der Waals surface area (Å²) in [6.07, 6.45) is -10.2. The number of rotatable bonds is 3. The highest BCUT2D eigenvalue weighted by Crippen LogP contribution is 2.32. The summed E-state index contributed by atoms with van der Waals surface area (Å²) in [7, 11) is 0. The third-order valence-electron chi connectivity index (χ3n) is 4.15. The normalized spacial score (nSPS) is 24.2. The van der Waals surface area contributed by atoms with Crippen molar-refractivity contribution in [1.29, 1.82) is 0 Å². The van der Waals surface area contributed by atoms with Crippen LogP contribution in [0.3, 0.4) is 0 Å². The molecule has 3 rings (SSSR count). The van der Waals surface area contributed by atoms with Gasteiger partial charge in [0.05, 0.1) is 12.2 Å². The van der Waals surface area contributed by atoms with Crippen LogP contribution in [0, 0.1) is 11.8 Å². The molecule has 1 fully saturated rings. The average Bonchev–Trinajstić information content (AvgIpc) is 3.21. The van der Waals surface area contributed by atoms with Crippen LogP contribution in [0.5, 0.6) is 0 Å². The van der Waals surface area contributed by atoms with Gasteiger partial charge >= 0.3 is 6.18 Å². The van der Waals surface area contributed by atoms with Crippen LogP contribution in [-0.2, 0) is 10.9 Å². The second kappa shape index (κ2) is 7.80. The molecule has 1 saturated heterocycles. The van der Waals surface area contributed by atoms with Gasteiger partial charge in [-0.3, -0.25) is 4.79 Å². The summed E-state index contributed by atoms with van der Waals surface area (Å²) in [5, 5.41) is 33.0. The van der Waals surface area contributed by atoms with Crippen molar-refractivity contribution in [1.82, 2.24) is 14.8 Å². The molecule has 2 heterocycles. The third-order valence-corrected chi connectivity index (χ3v) is 4.15. The van der Waals surface area contributed by atoms with Crippen molar-refractivity contribution in [3.05, 3.63) is 47.0 Å². The number of hydrogen-bond donors (Lipinski definition) is 4. The van der Waals surface area contributed by atoms with E-state index in [0.717, 1.165) is 16.8 Å². The van der Waals surface area contributed by atoms with Gasteiger partial charge in [0.25, 0.3) is 5.91 Å². The van der Waals surface area contributed by atoms with Gasteiger partial charge in [0, 0.05) is 5.56 Å². The number of nitrogens with zero attached hydrogens (tertiary/aromatic N) is 3. The number of nitrogens with two attached hydrogens (primary N) is 1. The zero-order valence-corrected chi connectivity index (χ0v) is 14.5. The summed E-state index contributed by atoms with van der Waals surface area (Å²) in [5.41, 5.74) is 3.81. The zero-order chi connectivity index (χ0) is 21.3. The lowest BCUT2D eigenvalue weighted by atomic mass is 10.1. The Kier molecular flexibility index (Phi) is 5.58. The van der Waals surface area contributed by atoms with E-state index in [1.54, 1.807) is 0 Å². The van der Waals surface area contributed by atoms with Gasteiger partial charge in [0.1, 0.15) is 18.3 Å². The number of amides is 1. The molecule has 1 aliphatic rings. The van der Waals surface area contributed by atoms with Crippen LogP contribution in [0.1, 0.15) is 33.8 Å². The number of aliphatic hydroxyl groups is 3. The summed E-state index contributed by atoms with van der Waals surface area (Å²) in [5.74, 6) is 2.78. The van der Waals surface area contributed by atoms with Gasteiger partial charge in [-0.05, 0) is 18.1 Å². The molecule has 0 spiro atoms. The largest absolute Gasteiger partial charge is 0.417 e. The van der Waals surface area contributed by atoms with E-state index in [-0.39, 0.29) is 11.4 Å². The Morgan fingerprint density at radius 1 is 1.24 bits per heavy atom. The van der Waals surface area contributed by atoms with Crippen LogP contribution in [0.4, 0.5) is 13.2 Å². The molecule has 0 bridgehead atoms. The third kappa shape index (κ3) is 4.08. The maximum Gasteiger partial charge on any atom is 0.417 e. The van der Waals surface area contributed by atoms with E-state index in [2.05, 4.69) is 21.9 Å². The van der Waals surface area contributed by atoms with Crippen molar-refractivity contribution >= 4 is 5.91 Å². The molecule has 1 amide bonds. The number of halogens is 3. The first kappa shape index (κ1) is 20.7. The summed E-state index contributed by atoms with van der Waals surface area (Å²) in [4.78, 5) is 15.2. The zero-order valence-electron chi connectivity index (χ0n) is 14.5. The van der Waals surface area contributed by atoms with Gasteiger partial charge in [-0.25, -0.2) is 4.68 Å². The Balaban J connectivity index is 2.05. The van der Waals surface area contributed by atoms with Crippen molar-refractivity contribution in [3.8, 4) is 11.8 Å². The van der Waals surface area contributed by atoms with Gasteiger partial charge in [0.15, 0.2) is 6.23 Å². The number of benzene rings is 1. The van der Waals surface area contributed by atoms with E-state index in [1.807, 2.05) is 0 Å². The molecular formula is C17H15F3N4O5. The highest BCUT2D eigenvalue weighted by atomic mass is 19.4. The van der Waals surface area contributed by atoms with Crippen molar-refractivity contribution in [2.24, 2.45) is 5.73 Å². The first-order valence-electron chi connectivity index (χ1n) is 8.20. The Morgan fingerprint density at radius 3 is 2.52 bits per heavy atom. The number of hydrogen-bond acceptors (Lipinski definition) is 7. The summed E-state index contributed by atoms with van der Waals surface area (Å²) in [6.45, 7) is -0.619. The van der Waals surface area contributed by atoms with E-state index < -0.39 is 54.6 Å². The number of primary amides is 1. The number of ether oxygens (including phenoxy) is 1. The highest BCUT2D eigenvalue weighted by Gasteiger charge is 2.45. The van der Waals surface area contributed by atoms with Crippen LogP contribution in [0.2, 0.25) is 0 Å². The molecule has 1 aromatic carbocycles. The molecule has 0 aliphatic carbocycles. The van der Waals surface area contributed by atoms with Crippen molar-refractivity contribution in [3.63, 3.8) is 0 Å². The molecular weight excluding hydrogens is 397 g/mol. The molecule has 9 nitrogen and oxygen atoms in total. The maximum atomic E-state index is 13.1. The Hall–Kier alpha value is -2.98. The fourth-order valence-corrected chi connectivity index (χ4v) is 2.73. The minimum Gasteiger partial charge on any atom is -0.394 e.